The minimum absolute atomic E-state index is 0.855. The molecular formula is C47H42N4. The predicted octanol–water partition coefficient (Wildman–Crippen LogP) is 13.0. The second-order valence-corrected chi connectivity index (χ2v) is 12.0. The number of para-hydroxylation sites is 4. The molecule has 0 N–H and O–H groups in total. The summed E-state index contributed by atoms with van der Waals surface area (Å²) >= 11 is 0. The van der Waals surface area contributed by atoms with Crippen molar-refractivity contribution in [3.05, 3.63) is 212 Å². The summed E-state index contributed by atoms with van der Waals surface area (Å²) in [5, 5.41) is 0. The Bertz CT molecular complexity index is 2190. The van der Waals surface area contributed by atoms with Crippen LogP contribution in [0.4, 0.5) is 28.4 Å². The Morgan fingerprint density at radius 3 is 1.90 bits per heavy atom. The highest BCUT2D eigenvalue weighted by Gasteiger charge is 2.16. The number of anilines is 5. The molecule has 0 bridgehead atoms. The zero-order valence-electron chi connectivity index (χ0n) is 29.2. The van der Waals surface area contributed by atoms with Gasteiger partial charge in [-0.1, -0.05) is 121 Å². The first-order valence-corrected chi connectivity index (χ1v) is 17.2. The molecule has 1 aromatic heterocycles. The monoisotopic (exact) mass is 662 g/mol. The molecule has 5 aromatic carbocycles. The van der Waals surface area contributed by atoms with Crippen LogP contribution in [0.1, 0.15) is 20.3 Å². The molecule has 51 heavy (non-hydrogen) atoms. The van der Waals surface area contributed by atoms with E-state index in [4.69, 9.17) is 4.98 Å². The molecule has 250 valence electrons. The van der Waals surface area contributed by atoms with Crippen LogP contribution in [0.3, 0.4) is 0 Å². The first kappa shape index (κ1) is 34.3. The van der Waals surface area contributed by atoms with E-state index in [0.29, 0.717) is 0 Å². The number of fused-ring (bicyclic) bond motifs is 1. The van der Waals surface area contributed by atoms with Gasteiger partial charge in [0.15, 0.2) is 0 Å². The average molecular weight is 663 g/mol. The van der Waals surface area contributed by atoms with Crippen LogP contribution >= 0.6 is 0 Å². The van der Waals surface area contributed by atoms with Crippen molar-refractivity contribution in [2.45, 2.75) is 20.3 Å². The first-order chi connectivity index (χ1) is 25.1. The van der Waals surface area contributed by atoms with Gasteiger partial charge in [0.05, 0.1) is 22.9 Å². The van der Waals surface area contributed by atoms with Gasteiger partial charge >= 0.3 is 0 Å². The van der Waals surface area contributed by atoms with Crippen LogP contribution in [-0.4, -0.2) is 9.97 Å². The maximum Gasteiger partial charge on any atom is 0.0894 e. The number of hydrogen-bond donors (Lipinski definition) is 0. The molecule has 0 aliphatic heterocycles. The Labute approximate surface area is 302 Å². The fourth-order valence-corrected chi connectivity index (χ4v) is 5.82. The van der Waals surface area contributed by atoms with Gasteiger partial charge in [-0.25, -0.2) is 4.98 Å². The van der Waals surface area contributed by atoms with Crippen molar-refractivity contribution in [3.8, 4) is 11.3 Å². The lowest BCUT2D eigenvalue weighted by atomic mass is 10.1. The fourth-order valence-electron chi connectivity index (χ4n) is 5.82. The molecule has 1 heterocycles. The zero-order chi connectivity index (χ0) is 35.3. The third-order valence-corrected chi connectivity index (χ3v) is 8.38. The van der Waals surface area contributed by atoms with Gasteiger partial charge in [-0.2, -0.15) is 0 Å². The number of hydrogen-bond acceptors (Lipinski definition) is 4. The van der Waals surface area contributed by atoms with Crippen molar-refractivity contribution in [1.29, 1.82) is 0 Å². The maximum atomic E-state index is 4.83. The lowest BCUT2D eigenvalue weighted by Crippen LogP contribution is -2.15. The van der Waals surface area contributed by atoms with Crippen molar-refractivity contribution in [3.63, 3.8) is 0 Å². The van der Waals surface area contributed by atoms with Crippen LogP contribution in [0.5, 0.6) is 0 Å². The molecule has 7 rings (SSSR count). The molecule has 0 spiro atoms. The van der Waals surface area contributed by atoms with Crippen LogP contribution in [0, 0.1) is 0 Å². The second kappa shape index (κ2) is 17.2. The highest BCUT2D eigenvalue weighted by Crippen LogP contribution is 2.38. The summed E-state index contributed by atoms with van der Waals surface area (Å²) in [4.78, 5) is 13.9. The minimum atomic E-state index is 0.855. The van der Waals surface area contributed by atoms with Gasteiger partial charge in [-0.15, -0.1) is 0 Å². The van der Waals surface area contributed by atoms with Crippen molar-refractivity contribution in [1.82, 2.24) is 9.97 Å². The van der Waals surface area contributed by atoms with E-state index in [0.717, 1.165) is 62.8 Å². The molecule has 0 unspecified atom stereocenters. The van der Waals surface area contributed by atoms with Crippen LogP contribution in [0.2, 0.25) is 0 Å². The normalized spacial score (nSPS) is 12.5. The molecular weight excluding hydrogens is 621 g/mol. The Balaban J connectivity index is 0.000000495. The lowest BCUT2D eigenvalue weighted by molar-refractivity contribution is 1.15. The molecule has 0 atom stereocenters. The van der Waals surface area contributed by atoms with Crippen LogP contribution in [0.15, 0.2) is 212 Å². The summed E-state index contributed by atoms with van der Waals surface area (Å²) < 4.78 is 0. The SMILES string of the molecule is C=C/C=C\C=C(/C)N(c1ccccc1)c1ccc(N(c2ccccc2)c2ccc(-c3cnc4ccccc4n3)cc2)cc1.CC1=CCC=CC=C1. The van der Waals surface area contributed by atoms with Gasteiger partial charge < -0.3 is 9.80 Å². The highest BCUT2D eigenvalue weighted by atomic mass is 15.2. The quantitative estimate of drug-likeness (QED) is 0.144. The van der Waals surface area contributed by atoms with Crippen molar-refractivity contribution in [2.24, 2.45) is 0 Å². The van der Waals surface area contributed by atoms with Gasteiger partial charge in [0, 0.05) is 39.7 Å². The van der Waals surface area contributed by atoms with Crippen LogP contribution in [-0.2, 0) is 0 Å². The maximum absolute atomic E-state index is 4.83. The summed E-state index contributed by atoms with van der Waals surface area (Å²) in [6.45, 7) is 8.02. The highest BCUT2D eigenvalue weighted by molar-refractivity contribution is 5.81. The topological polar surface area (TPSA) is 32.3 Å². The van der Waals surface area contributed by atoms with E-state index in [1.165, 1.54) is 5.57 Å². The van der Waals surface area contributed by atoms with E-state index in [9.17, 15) is 0 Å². The average Bonchev–Trinajstić information content (AvgIpc) is 3.44. The second-order valence-electron chi connectivity index (χ2n) is 12.0. The molecule has 6 aromatic rings. The number of benzene rings is 5. The van der Waals surface area contributed by atoms with Gasteiger partial charge in [0.2, 0.25) is 0 Å². The summed E-state index contributed by atoms with van der Waals surface area (Å²) in [5.41, 5.74) is 11.5. The summed E-state index contributed by atoms with van der Waals surface area (Å²) in [5.74, 6) is 0. The summed E-state index contributed by atoms with van der Waals surface area (Å²) in [7, 11) is 0. The van der Waals surface area contributed by atoms with Gasteiger partial charge in [0.1, 0.15) is 0 Å². The molecule has 0 radical (unpaired) electrons. The zero-order valence-corrected chi connectivity index (χ0v) is 29.2. The predicted molar refractivity (Wildman–Crippen MR) is 218 cm³/mol. The summed E-state index contributed by atoms with van der Waals surface area (Å²) in [6.07, 6.45) is 21.4. The van der Waals surface area contributed by atoms with E-state index in [-0.39, 0.29) is 0 Å². The van der Waals surface area contributed by atoms with E-state index >= 15 is 0 Å². The fraction of sp³-hybridized carbons (Fsp3) is 0.0638. The molecule has 0 saturated heterocycles. The first-order valence-electron chi connectivity index (χ1n) is 17.2. The Kier molecular flexibility index (Phi) is 11.6. The Morgan fingerprint density at radius 2 is 1.22 bits per heavy atom. The van der Waals surface area contributed by atoms with E-state index < -0.39 is 0 Å². The van der Waals surface area contributed by atoms with Gasteiger partial charge in [-0.3, -0.25) is 4.98 Å². The standard InChI is InChI=1S/C39H32N4.C8H10/c1-3-4-7-14-30(2)42(32-15-8-5-9-16-32)34-25-27-36(28-26-34)43(33-17-10-6-11-18-33)35-23-21-31(22-24-35)39-29-40-37-19-12-13-20-38(37)41-39;1-8-6-4-2-3-5-7-8/h3-29H,1H2,2H3;2-4,6-7H,5H2,1H3/b7-4-,30-14+;. The number of nitrogens with zero attached hydrogens (tertiary/aromatic N) is 4. The van der Waals surface area contributed by atoms with E-state index in [1.807, 2.05) is 54.7 Å². The largest absolute Gasteiger partial charge is 0.315 e. The minimum Gasteiger partial charge on any atom is -0.315 e. The number of allylic oxidation sites excluding steroid dienone is 11. The van der Waals surface area contributed by atoms with Crippen LogP contribution < -0.4 is 9.80 Å². The molecule has 4 nitrogen and oxygen atoms in total. The van der Waals surface area contributed by atoms with Gasteiger partial charge in [-0.05, 0) is 99.1 Å². The molecule has 0 saturated carbocycles. The van der Waals surface area contributed by atoms with E-state index in [1.54, 1.807) is 6.08 Å². The van der Waals surface area contributed by atoms with Gasteiger partial charge in [0.25, 0.3) is 0 Å². The summed E-state index contributed by atoms with van der Waals surface area (Å²) in [6, 6.07) is 46.0. The molecule has 1 aliphatic rings. The smallest absolute Gasteiger partial charge is 0.0894 e. The Hall–Kier alpha value is -6.52. The van der Waals surface area contributed by atoms with Crippen molar-refractivity contribution in [2.75, 3.05) is 9.80 Å². The molecule has 0 amide bonds. The Morgan fingerprint density at radius 1 is 0.647 bits per heavy atom. The van der Waals surface area contributed by atoms with Crippen molar-refractivity contribution >= 4 is 39.5 Å². The molecule has 0 fully saturated rings. The third-order valence-electron chi connectivity index (χ3n) is 8.38. The van der Waals surface area contributed by atoms with Crippen molar-refractivity contribution < 1.29 is 0 Å². The third kappa shape index (κ3) is 8.94. The number of rotatable bonds is 9. The molecule has 4 heteroatoms. The van der Waals surface area contributed by atoms with E-state index in [2.05, 4.69) is 169 Å². The lowest BCUT2D eigenvalue weighted by Gasteiger charge is -2.28. The van der Waals surface area contributed by atoms with Crippen LogP contribution in [0.25, 0.3) is 22.3 Å². The molecule has 1 aliphatic carbocycles. The number of aromatic nitrogens is 2.